The molecular formula is C16H25N7O2S. The molecule has 0 spiro atoms. The Morgan fingerprint density at radius 2 is 1.88 bits per heavy atom. The van der Waals surface area contributed by atoms with Crippen molar-refractivity contribution in [2.45, 2.75) is 39.7 Å². The number of nitrogens with one attached hydrogen (secondary N) is 1. The molecule has 0 bridgehead atoms. The van der Waals surface area contributed by atoms with Gasteiger partial charge in [0, 0.05) is 38.5 Å². The first-order chi connectivity index (χ1) is 12.3. The lowest BCUT2D eigenvalue weighted by Crippen LogP contribution is -2.48. The maximum Gasteiger partial charge on any atom is 0.240 e. The normalized spacial score (nSPS) is 16.8. The van der Waals surface area contributed by atoms with Gasteiger partial charge in [0.15, 0.2) is 5.82 Å². The van der Waals surface area contributed by atoms with Gasteiger partial charge in [0.2, 0.25) is 16.9 Å². The number of carbonyl (C=O) groups is 1. The van der Waals surface area contributed by atoms with Crippen molar-refractivity contribution in [3.63, 3.8) is 0 Å². The lowest BCUT2D eigenvalue weighted by atomic mass is 9.98. The van der Waals surface area contributed by atoms with Crippen LogP contribution >= 0.6 is 11.3 Å². The number of hydrogen-bond donors (Lipinski definition) is 1. The molecule has 142 valence electrons. The minimum atomic E-state index is -0.0613. The third-order valence-corrected chi connectivity index (χ3v) is 5.34. The van der Waals surface area contributed by atoms with Gasteiger partial charge in [-0.2, -0.15) is 4.98 Å². The van der Waals surface area contributed by atoms with Crippen LogP contribution in [0, 0.1) is 6.92 Å². The predicted octanol–water partition coefficient (Wildman–Crippen LogP) is 1.28. The summed E-state index contributed by atoms with van der Waals surface area (Å²) in [5.41, 5.74) is -0.0613. The Hall–Kier alpha value is -1.91. The molecule has 0 aliphatic carbocycles. The fourth-order valence-electron chi connectivity index (χ4n) is 2.65. The van der Waals surface area contributed by atoms with Crippen molar-refractivity contribution in [2.75, 3.05) is 38.0 Å². The number of aromatic nitrogens is 4. The van der Waals surface area contributed by atoms with Crippen molar-refractivity contribution in [1.29, 1.82) is 0 Å². The smallest absolute Gasteiger partial charge is 0.240 e. The number of nitrogens with zero attached hydrogens (tertiary/aromatic N) is 6. The van der Waals surface area contributed by atoms with E-state index in [1.54, 1.807) is 6.92 Å². The second-order valence-electron chi connectivity index (χ2n) is 7.49. The molecule has 2 aromatic rings. The molecule has 1 aliphatic heterocycles. The first kappa shape index (κ1) is 18.9. The molecule has 10 heteroatoms. The van der Waals surface area contributed by atoms with Gasteiger partial charge in [-0.05, 0) is 0 Å². The fraction of sp³-hybridized carbons (Fsp3) is 0.688. The highest BCUT2D eigenvalue weighted by molar-refractivity contribution is 7.15. The van der Waals surface area contributed by atoms with Gasteiger partial charge in [0.05, 0.1) is 13.1 Å². The van der Waals surface area contributed by atoms with Crippen molar-refractivity contribution < 1.29 is 9.32 Å². The van der Waals surface area contributed by atoms with Crippen LogP contribution < -0.4 is 5.32 Å². The molecule has 0 radical (unpaired) electrons. The van der Waals surface area contributed by atoms with Crippen LogP contribution in [-0.2, 0) is 16.8 Å². The summed E-state index contributed by atoms with van der Waals surface area (Å²) in [6.07, 6.45) is 0. The van der Waals surface area contributed by atoms with Gasteiger partial charge in [-0.3, -0.25) is 19.9 Å². The largest absolute Gasteiger partial charge is 0.340 e. The molecule has 1 aliphatic rings. The molecule has 0 aromatic carbocycles. The lowest BCUT2D eigenvalue weighted by Gasteiger charge is -2.33. The van der Waals surface area contributed by atoms with E-state index in [9.17, 15) is 4.79 Å². The molecule has 1 N–H and O–H groups in total. The summed E-state index contributed by atoms with van der Waals surface area (Å²) in [6, 6.07) is 0. The number of aryl methyl sites for hydroxylation is 1. The van der Waals surface area contributed by atoms with E-state index >= 15 is 0 Å². The van der Waals surface area contributed by atoms with E-state index in [4.69, 9.17) is 4.52 Å². The molecule has 3 rings (SSSR count). The van der Waals surface area contributed by atoms with Crippen molar-refractivity contribution in [2.24, 2.45) is 0 Å². The maximum absolute atomic E-state index is 12.3. The summed E-state index contributed by atoms with van der Waals surface area (Å²) in [6.45, 7) is 12.5. The molecule has 0 saturated carbocycles. The van der Waals surface area contributed by atoms with Crippen LogP contribution in [-0.4, -0.2) is 68.8 Å². The predicted molar refractivity (Wildman–Crippen MR) is 98.0 cm³/mol. The van der Waals surface area contributed by atoms with E-state index in [0.717, 1.165) is 31.2 Å². The zero-order chi connectivity index (χ0) is 18.7. The van der Waals surface area contributed by atoms with Crippen molar-refractivity contribution in [1.82, 2.24) is 30.1 Å². The van der Waals surface area contributed by atoms with E-state index in [2.05, 4.69) is 56.2 Å². The summed E-state index contributed by atoms with van der Waals surface area (Å²) in [5, 5.41) is 16.5. The second kappa shape index (κ2) is 7.77. The molecule has 1 saturated heterocycles. The third-order valence-electron chi connectivity index (χ3n) is 4.08. The van der Waals surface area contributed by atoms with Crippen LogP contribution in [0.2, 0.25) is 0 Å². The van der Waals surface area contributed by atoms with Gasteiger partial charge in [-0.1, -0.05) is 37.3 Å². The highest BCUT2D eigenvalue weighted by Crippen LogP contribution is 2.27. The topological polar surface area (TPSA) is 100 Å². The highest BCUT2D eigenvalue weighted by Gasteiger charge is 2.22. The average molecular weight is 379 g/mol. The minimum Gasteiger partial charge on any atom is -0.340 e. The molecule has 1 amide bonds. The monoisotopic (exact) mass is 379 g/mol. The molecule has 0 atom stereocenters. The Balaban J connectivity index is 1.42. The van der Waals surface area contributed by atoms with E-state index < -0.39 is 0 Å². The number of rotatable bonds is 5. The van der Waals surface area contributed by atoms with E-state index in [-0.39, 0.29) is 11.3 Å². The van der Waals surface area contributed by atoms with Gasteiger partial charge in [-0.15, -0.1) is 10.2 Å². The summed E-state index contributed by atoms with van der Waals surface area (Å²) >= 11 is 1.43. The minimum absolute atomic E-state index is 0.0520. The second-order valence-corrected chi connectivity index (χ2v) is 8.47. The number of piperazine rings is 1. The molecule has 26 heavy (non-hydrogen) atoms. The lowest BCUT2D eigenvalue weighted by molar-refractivity contribution is -0.117. The van der Waals surface area contributed by atoms with Gasteiger partial charge >= 0.3 is 0 Å². The van der Waals surface area contributed by atoms with Gasteiger partial charge in [0.1, 0.15) is 5.01 Å². The van der Waals surface area contributed by atoms with E-state index in [0.29, 0.717) is 29.9 Å². The van der Waals surface area contributed by atoms with Crippen LogP contribution in [0.25, 0.3) is 0 Å². The first-order valence-corrected chi connectivity index (χ1v) is 9.49. The van der Waals surface area contributed by atoms with Crippen molar-refractivity contribution >= 4 is 22.4 Å². The number of amides is 1. The molecule has 2 aromatic heterocycles. The Kier molecular flexibility index (Phi) is 5.64. The van der Waals surface area contributed by atoms with Gasteiger partial charge < -0.3 is 4.52 Å². The van der Waals surface area contributed by atoms with Crippen molar-refractivity contribution in [3.8, 4) is 0 Å². The molecule has 3 heterocycles. The molecule has 1 fully saturated rings. The van der Waals surface area contributed by atoms with Gasteiger partial charge in [-0.25, -0.2) is 0 Å². The van der Waals surface area contributed by atoms with Crippen LogP contribution in [0.5, 0.6) is 0 Å². The Morgan fingerprint density at radius 3 is 2.46 bits per heavy atom. The summed E-state index contributed by atoms with van der Waals surface area (Å²) in [7, 11) is 0. The third kappa shape index (κ3) is 5.05. The Bertz CT molecular complexity index is 744. The maximum atomic E-state index is 12.3. The van der Waals surface area contributed by atoms with E-state index in [1.807, 2.05) is 0 Å². The number of carbonyl (C=O) groups excluding carboxylic acids is 1. The summed E-state index contributed by atoms with van der Waals surface area (Å²) < 4.78 is 5.00. The quantitative estimate of drug-likeness (QED) is 0.829. The Morgan fingerprint density at radius 1 is 1.19 bits per heavy atom. The number of hydrogen-bond acceptors (Lipinski definition) is 9. The number of anilines is 1. The molecule has 9 nitrogen and oxygen atoms in total. The van der Waals surface area contributed by atoms with Crippen LogP contribution in [0.15, 0.2) is 4.52 Å². The zero-order valence-electron chi connectivity index (χ0n) is 15.7. The van der Waals surface area contributed by atoms with Crippen molar-refractivity contribution in [3.05, 3.63) is 16.7 Å². The Labute approximate surface area is 156 Å². The molecule has 0 unspecified atom stereocenters. The van der Waals surface area contributed by atoms with Crippen LogP contribution in [0.3, 0.4) is 0 Å². The highest BCUT2D eigenvalue weighted by atomic mass is 32.1. The van der Waals surface area contributed by atoms with Crippen LogP contribution in [0.1, 0.15) is 37.5 Å². The first-order valence-electron chi connectivity index (χ1n) is 8.67. The summed E-state index contributed by atoms with van der Waals surface area (Å²) in [4.78, 5) is 20.9. The average Bonchev–Trinajstić information content (AvgIpc) is 3.18. The zero-order valence-corrected chi connectivity index (χ0v) is 16.5. The molecular weight excluding hydrogens is 354 g/mol. The fourth-order valence-corrected chi connectivity index (χ4v) is 3.47. The standard InChI is InChI=1S/C16H25N7O2S/c1-11-17-12(21-25-11)9-22-5-7-23(8-6-22)10-13(24)18-15-20-19-14(26-15)16(2,3)4/h5-10H2,1-4H3,(H,18,20,24). The summed E-state index contributed by atoms with van der Waals surface area (Å²) in [5.74, 6) is 1.24. The van der Waals surface area contributed by atoms with Crippen LogP contribution in [0.4, 0.5) is 5.13 Å². The SMILES string of the molecule is Cc1nc(CN2CCN(CC(=O)Nc3nnc(C(C)(C)C)s3)CC2)no1. The van der Waals surface area contributed by atoms with Gasteiger partial charge in [0.25, 0.3) is 0 Å². The van der Waals surface area contributed by atoms with E-state index in [1.165, 1.54) is 11.3 Å².